The first-order valence-corrected chi connectivity index (χ1v) is 10.6. The first-order chi connectivity index (χ1) is 12.0. The van der Waals surface area contributed by atoms with E-state index in [2.05, 4.69) is 10.3 Å². The number of rotatable bonds is 5. The summed E-state index contributed by atoms with van der Waals surface area (Å²) in [6, 6.07) is 5.99. The van der Waals surface area contributed by atoms with Crippen molar-refractivity contribution in [3.8, 4) is 0 Å². The first-order valence-electron chi connectivity index (χ1n) is 8.09. The van der Waals surface area contributed by atoms with Crippen molar-refractivity contribution in [1.82, 2.24) is 9.31 Å². The fourth-order valence-electron chi connectivity index (χ4n) is 2.79. The molecule has 1 aromatic carbocycles. The van der Waals surface area contributed by atoms with Crippen LogP contribution in [0.2, 0.25) is 0 Å². The van der Waals surface area contributed by atoms with Crippen LogP contribution < -0.4 is 56.5 Å². The van der Waals surface area contributed by atoms with E-state index in [-0.39, 0.29) is 62.8 Å². The molecule has 26 heavy (non-hydrogen) atoms. The molecule has 1 atom stereocenters. The van der Waals surface area contributed by atoms with Crippen molar-refractivity contribution in [3.63, 3.8) is 0 Å². The number of piperidine rings is 1. The van der Waals surface area contributed by atoms with Crippen molar-refractivity contribution in [1.29, 1.82) is 0 Å². The van der Waals surface area contributed by atoms with Crippen LogP contribution in [-0.4, -0.2) is 54.5 Å². The summed E-state index contributed by atoms with van der Waals surface area (Å²) in [4.78, 5) is 11.1. The number of carboxylic acid groups (broad SMARTS) is 1. The smallest absolute Gasteiger partial charge is 0.547 e. The predicted octanol–water partition coefficient (Wildman–Crippen LogP) is -2.01. The molecule has 2 heterocycles. The van der Waals surface area contributed by atoms with E-state index in [4.69, 9.17) is 0 Å². The molecular weight excluding hydrogens is 403 g/mol. The molecular formula is C15H19KN4O4S2. The van der Waals surface area contributed by atoms with Crippen LogP contribution in [0.3, 0.4) is 0 Å². The second-order valence-corrected chi connectivity index (χ2v) is 8.93. The zero-order valence-electron chi connectivity index (χ0n) is 14.6. The molecule has 0 saturated carbocycles. The molecule has 8 nitrogen and oxygen atoms in total. The Hall–Kier alpha value is -0.0136. The molecule has 2 aliphatic heterocycles. The Morgan fingerprint density at radius 2 is 1.77 bits per heavy atom. The van der Waals surface area contributed by atoms with Gasteiger partial charge in [-0.3, -0.25) is 5.01 Å². The molecule has 0 amide bonds. The number of sulfonamides is 1. The van der Waals surface area contributed by atoms with Crippen LogP contribution >= 0.6 is 11.8 Å². The van der Waals surface area contributed by atoms with Gasteiger partial charge in [0.25, 0.3) is 0 Å². The standard InChI is InChI=1S/C15H20N4O4S2.K/c20-15(21)14-19(10-11-24-14)25(22,23)13-6-4-12(5-7-13)16-17-18-8-2-1-3-9-18;/h4-7,14H,1-3,8-11H2,(H,20,21);/q;+1/p-1. The molecule has 3 rings (SSSR count). The van der Waals surface area contributed by atoms with E-state index in [1.54, 1.807) is 12.1 Å². The summed E-state index contributed by atoms with van der Waals surface area (Å²) < 4.78 is 26.2. The molecule has 0 N–H and O–H groups in total. The summed E-state index contributed by atoms with van der Waals surface area (Å²) in [5, 5.41) is 20.1. The number of carbonyl (C=O) groups is 1. The summed E-state index contributed by atoms with van der Waals surface area (Å²) >= 11 is 1.05. The Morgan fingerprint density at radius 3 is 2.38 bits per heavy atom. The summed E-state index contributed by atoms with van der Waals surface area (Å²) in [5.74, 6) is -0.960. The number of thioether (sulfide) groups is 1. The minimum absolute atomic E-state index is 0. The van der Waals surface area contributed by atoms with E-state index < -0.39 is 21.4 Å². The van der Waals surface area contributed by atoms with Gasteiger partial charge in [0.1, 0.15) is 5.37 Å². The number of hydrogen-bond donors (Lipinski definition) is 0. The molecule has 0 aliphatic carbocycles. The molecule has 2 aliphatic rings. The number of aliphatic carboxylic acids is 1. The van der Waals surface area contributed by atoms with Gasteiger partial charge in [-0.1, -0.05) is 5.22 Å². The Bertz CT molecular complexity index is 751. The third-order valence-corrected chi connectivity index (χ3v) is 7.31. The Kier molecular flexibility index (Phi) is 8.54. The van der Waals surface area contributed by atoms with E-state index >= 15 is 0 Å². The number of hydrogen-bond acceptors (Lipinski definition) is 7. The Labute approximate surface area is 199 Å². The number of carbonyl (C=O) groups excluding carboxylic acids is 1. The monoisotopic (exact) mass is 422 g/mol. The van der Waals surface area contributed by atoms with E-state index in [1.807, 2.05) is 5.01 Å². The predicted molar refractivity (Wildman–Crippen MR) is 91.5 cm³/mol. The molecule has 136 valence electrons. The second kappa shape index (κ2) is 9.96. The maximum atomic E-state index is 12.6. The van der Waals surface area contributed by atoms with E-state index in [9.17, 15) is 18.3 Å². The van der Waals surface area contributed by atoms with Gasteiger partial charge in [-0.25, -0.2) is 8.42 Å². The number of carboxylic acids is 1. The van der Waals surface area contributed by atoms with Gasteiger partial charge in [-0.15, -0.1) is 16.9 Å². The van der Waals surface area contributed by atoms with Crippen LogP contribution in [-0.2, 0) is 14.8 Å². The summed E-state index contributed by atoms with van der Waals surface area (Å²) in [6.07, 6.45) is 3.41. The van der Waals surface area contributed by atoms with Gasteiger partial charge >= 0.3 is 51.4 Å². The average Bonchev–Trinajstić information content (AvgIpc) is 3.12. The van der Waals surface area contributed by atoms with Gasteiger partial charge in [0.15, 0.2) is 0 Å². The fraction of sp³-hybridized carbons (Fsp3) is 0.533. The average molecular weight is 423 g/mol. The SMILES string of the molecule is O=C([O-])C1SCCN1S(=O)(=O)c1ccc(N=NN2CCCCC2)cc1.[K+]. The van der Waals surface area contributed by atoms with Crippen molar-refractivity contribution >= 4 is 33.4 Å². The molecule has 0 radical (unpaired) electrons. The molecule has 2 saturated heterocycles. The van der Waals surface area contributed by atoms with Crippen LogP contribution in [0.4, 0.5) is 5.69 Å². The molecule has 0 spiro atoms. The molecule has 11 heteroatoms. The molecule has 1 unspecified atom stereocenters. The van der Waals surface area contributed by atoms with Crippen molar-refractivity contribution in [3.05, 3.63) is 24.3 Å². The van der Waals surface area contributed by atoms with E-state index in [0.29, 0.717) is 11.4 Å². The molecule has 0 aromatic heterocycles. The van der Waals surface area contributed by atoms with Gasteiger partial charge in [-0.2, -0.15) is 4.31 Å². The van der Waals surface area contributed by atoms with Crippen molar-refractivity contribution in [2.24, 2.45) is 10.3 Å². The molecule has 2 fully saturated rings. The largest absolute Gasteiger partial charge is 1.00 e. The van der Waals surface area contributed by atoms with Gasteiger partial charge in [0, 0.05) is 25.4 Å². The topological polar surface area (TPSA) is 105 Å². The second-order valence-electron chi connectivity index (χ2n) is 5.86. The van der Waals surface area contributed by atoms with Crippen molar-refractivity contribution < 1.29 is 69.7 Å². The minimum Gasteiger partial charge on any atom is -0.547 e. The van der Waals surface area contributed by atoms with Crippen molar-refractivity contribution in [2.45, 2.75) is 29.5 Å². The third-order valence-electron chi connectivity index (χ3n) is 4.11. The first kappa shape index (κ1) is 22.3. The van der Waals surface area contributed by atoms with Gasteiger partial charge in [0.05, 0.1) is 16.6 Å². The Balaban J connectivity index is 0.00000243. The van der Waals surface area contributed by atoms with E-state index in [0.717, 1.165) is 42.0 Å². The molecule has 1 aromatic rings. The summed E-state index contributed by atoms with van der Waals surface area (Å²) in [7, 11) is -3.88. The quantitative estimate of drug-likeness (QED) is 0.401. The zero-order valence-corrected chi connectivity index (χ0v) is 19.3. The number of nitrogens with zero attached hydrogens (tertiary/aromatic N) is 4. The fourth-order valence-corrected chi connectivity index (χ4v) is 5.78. The third kappa shape index (κ3) is 5.28. The Morgan fingerprint density at radius 1 is 1.12 bits per heavy atom. The maximum absolute atomic E-state index is 12.6. The summed E-state index contributed by atoms with van der Waals surface area (Å²) in [6.45, 7) is 1.92. The maximum Gasteiger partial charge on any atom is 1.00 e. The van der Waals surface area contributed by atoms with Crippen LogP contribution in [0, 0.1) is 0 Å². The van der Waals surface area contributed by atoms with Crippen LogP contribution in [0.5, 0.6) is 0 Å². The van der Waals surface area contributed by atoms with Crippen LogP contribution in [0.15, 0.2) is 39.5 Å². The van der Waals surface area contributed by atoms with Gasteiger partial charge in [-0.05, 0) is 43.5 Å². The number of benzene rings is 1. The normalized spacial score (nSPS) is 21.7. The zero-order chi connectivity index (χ0) is 17.9. The van der Waals surface area contributed by atoms with Gasteiger partial charge < -0.3 is 9.90 Å². The van der Waals surface area contributed by atoms with Gasteiger partial charge in [0.2, 0.25) is 10.0 Å². The van der Waals surface area contributed by atoms with E-state index in [1.165, 1.54) is 18.6 Å². The van der Waals surface area contributed by atoms with Crippen LogP contribution in [0.25, 0.3) is 0 Å². The summed E-state index contributed by atoms with van der Waals surface area (Å²) in [5.41, 5.74) is 0.553. The minimum atomic E-state index is -3.88. The van der Waals surface area contributed by atoms with Crippen molar-refractivity contribution in [2.75, 3.05) is 25.4 Å². The van der Waals surface area contributed by atoms with Crippen LogP contribution in [0.1, 0.15) is 19.3 Å². The molecule has 0 bridgehead atoms.